The van der Waals surface area contributed by atoms with Crippen LogP contribution in [0.15, 0.2) is 11.5 Å². The molecule has 0 aromatic carbocycles. The number of aliphatic hydroxyl groups excluding tert-OH is 3. The van der Waals surface area contributed by atoms with Crippen molar-refractivity contribution in [1.82, 2.24) is 24.6 Å². The summed E-state index contributed by atoms with van der Waals surface area (Å²) in [7, 11) is -17.2. The highest BCUT2D eigenvalue weighted by molar-refractivity contribution is 7.66. The zero-order chi connectivity index (χ0) is 18.9. The van der Waals surface area contributed by atoms with Crippen LogP contribution in [0, 0.1) is 0 Å². The van der Waals surface area contributed by atoms with Gasteiger partial charge in [-0.2, -0.15) is 8.62 Å². The highest BCUT2D eigenvalue weighted by atomic mass is 31.3. The van der Waals surface area contributed by atoms with Crippen molar-refractivity contribution in [2.75, 3.05) is 6.61 Å². The fourth-order valence-corrected chi connectivity index (χ4v) is 4.35. The van der Waals surface area contributed by atoms with Gasteiger partial charge in [0.2, 0.25) is 0 Å². The Morgan fingerprint density at radius 2 is 1.43 bits per heavy atom. The molecule has 1 rings (SSSR count). The molecular formula is C6H23N4O15P3. The van der Waals surface area contributed by atoms with E-state index < -0.39 is 59.8 Å². The third-order valence-electron chi connectivity index (χ3n) is 2.08. The van der Waals surface area contributed by atoms with E-state index in [0.29, 0.717) is 0 Å². The summed E-state index contributed by atoms with van der Waals surface area (Å²) in [5.74, 6) is -4.26. The molecule has 19 N–H and O–H groups in total. The Morgan fingerprint density at radius 3 is 1.82 bits per heavy atom. The van der Waals surface area contributed by atoms with Crippen molar-refractivity contribution in [3.8, 4) is 0 Å². The van der Waals surface area contributed by atoms with Crippen LogP contribution in [0.2, 0.25) is 0 Å². The summed E-state index contributed by atoms with van der Waals surface area (Å²) >= 11 is 0. The van der Waals surface area contributed by atoms with Crippen molar-refractivity contribution in [1.29, 1.82) is 0 Å². The van der Waals surface area contributed by atoms with Crippen LogP contribution < -0.4 is 24.6 Å². The van der Waals surface area contributed by atoms with Crippen LogP contribution in [0.5, 0.6) is 0 Å². The van der Waals surface area contributed by atoms with Crippen molar-refractivity contribution in [2.45, 2.75) is 12.2 Å². The van der Waals surface area contributed by atoms with Gasteiger partial charge in [0.05, 0.1) is 6.61 Å². The Balaban J connectivity index is -0.000000720. The molecule has 172 valence electrons. The highest BCUT2D eigenvalue weighted by Gasteiger charge is 2.47. The Labute approximate surface area is 156 Å². The number of phosphoric acid groups is 3. The molecule has 28 heavy (non-hydrogen) atoms. The van der Waals surface area contributed by atoms with E-state index in [0.717, 1.165) is 0 Å². The number of cyclic esters (lactones) is 1. The maximum Gasteiger partial charge on any atom is 0.536 e. The first kappa shape index (κ1) is 34.5. The molecule has 1 aliphatic rings. The predicted molar refractivity (Wildman–Crippen MR) is 87.7 cm³/mol. The number of rotatable bonds is 8. The number of phosphoric ester groups is 1. The number of hydrogen-bond donors (Lipinski definition) is 11. The van der Waals surface area contributed by atoms with E-state index in [1.165, 1.54) is 0 Å². The summed E-state index contributed by atoms with van der Waals surface area (Å²) in [4.78, 5) is 46.1. The van der Waals surface area contributed by atoms with Crippen molar-refractivity contribution in [3.05, 3.63) is 11.5 Å². The first-order valence-corrected chi connectivity index (χ1v) is 9.96. The number of carbonyl (C=O) groups is 1. The lowest BCUT2D eigenvalue weighted by atomic mass is 10.2. The van der Waals surface area contributed by atoms with Gasteiger partial charge in [0.15, 0.2) is 11.9 Å². The normalized spacial score (nSPS) is 21.4. The third kappa shape index (κ3) is 9.99. The molecule has 1 aliphatic heterocycles. The van der Waals surface area contributed by atoms with Crippen molar-refractivity contribution >= 4 is 29.4 Å². The molecule has 0 aromatic rings. The molecule has 2 unspecified atom stereocenters. The summed E-state index contributed by atoms with van der Waals surface area (Å²) in [6.07, 6.45) is -3.68. The maximum absolute atomic E-state index is 11.5. The second kappa shape index (κ2) is 11.9. The van der Waals surface area contributed by atoms with Gasteiger partial charge in [0.1, 0.15) is 6.10 Å². The molecule has 0 bridgehead atoms. The number of carbonyl (C=O) groups excluding carboxylic acids is 1. The molecule has 0 saturated heterocycles. The Hall–Kier alpha value is -0.980. The lowest BCUT2D eigenvalue weighted by Crippen LogP contribution is -2.31. The van der Waals surface area contributed by atoms with Gasteiger partial charge < -0.3 is 63.9 Å². The molecule has 0 aliphatic carbocycles. The molecular weight excluding hydrogens is 461 g/mol. The number of hydrogen-bond acceptors (Lipinski definition) is 15. The monoisotopic (exact) mass is 484 g/mol. The minimum Gasteiger partial charge on any atom is -0.505 e. The van der Waals surface area contributed by atoms with Crippen LogP contribution in [0.25, 0.3) is 0 Å². The van der Waals surface area contributed by atoms with Gasteiger partial charge in [-0.25, -0.2) is 18.5 Å². The molecule has 0 aromatic heterocycles. The fourth-order valence-electron chi connectivity index (χ4n) is 1.31. The first-order valence-electron chi connectivity index (χ1n) is 5.44. The average molecular weight is 484 g/mol. The van der Waals surface area contributed by atoms with Crippen LogP contribution in [0.1, 0.15) is 0 Å². The largest absolute Gasteiger partial charge is 0.536 e. The van der Waals surface area contributed by atoms with Gasteiger partial charge in [-0.3, -0.25) is 4.89 Å². The van der Waals surface area contributed by atoms with Gasteiger partial charge in [0, 0.05) is 0 Å². The Kier molecular flexibility index (Phi) is 14.7. The zero-order valence-corrected chi connectivity index (χ0v) is 16.6. The van der Waals surface area contributed by atoms with Gasteiger partial charge in [-0.1, -0.05) is 0 Å². The third-order valence-corrected chi connectivity index (χ3v) is 5.82. The van der Waals surface area contributed by atoms with Crippen molar-refractivity contribution in [2.24, 2.45) is 0 Å². The maximum atomic E-state index is 11.5. The van der Waals surface area contributed by atoms with Crippen LogP contribution in [0.3, 0.4) is 0 Å². The molecule has 0 spiro atoms. The minimum atomic E-state index is -5.82. The van der Waals surface area contributed by atoms with E-state index in [4.69, 9.17) is 19.8 Å². The summed E-state index contributed by atoms with van der Waals surface area (Å²) in [6.45, 7) is -0.982. The van der Waals surface area contributed by atoms with Gasteiger partial charge in [-0.15, -0.1) is 0 Å². The number of ether oxygens (including phenoxy) is 1. The van der Waals surface area contributed by atoms with Gasteiger partial charge in [-0.05, 0) is 0 Å². The molecule has 0 radical (unpaired) electrons. The van der Waals surface area contributed by atoms with E-state index >= 15 is 0 Å². The molecule has 19 nitrogen and oxygen atoms in total. The molecule has 0 fully saturated rings. The lowest BCUT2D eigenvalue weighted by Gasteiger charge is -2.16. The van der Waals surface area contributed by atoms with Gasteiger partial charge >= 0.3 is 29.4 Å². The van der Waals surface area contributed by atoms with Crippen LogP contribution in [0.4, 0.5) is 0 Å². The Bertz CT molecular complexity index is 691. The molecule has 1 heterocycles. The van der Waals surface area contributed by atoms with Gasteiger partial charge in [0.25, 0.3) is 5.76 Å². The number of esters is 1. The molecule has 4 atom stereocenters. The molecule has 22 heteroatoms. The first-order chi connectivity index (χ1) is 10.7. The van der Waals surface area contributed by atoms with E-state index in [-0.39, 0.29) is 24.6 Å². The average Bonchev–Trinajstić information content (AvgIpc) is 2.61. The molecule has 0 saturated carbocycles. The van der Waals surface area contributed by atoms with E-state index in [1.807, 2.05) is 0 Å². The van der Waals surface area contributed by atoms with Crippen LogP contribution >= 0.6 is 23.5 Å². The summed E-state index contributed by atoms with van der Waals surface area (Å²) in [5.41, 5.74) is 0. The summed E-state index contributed by atoms with van der Waals surface area (Å²) < 4.78 is 48.1. The fraction of sp³-hybridized carbons (Fsp3) is 0.500. The quantitative estimate of drug-likeness (QED) is 0.146. The minimum absolute atomic E-state index is 0. The smallest absolute Gasteiger partial charge is 0.505 e. The van der Waals surface area contributed by atoms with Crippen LogP contribution in [-0.4, -0.2) is 59.7 Å². The summed E-state index contributed by atoms with van der Waals surface area (Å²) in [6, 6.07) is 0. The lowest BCUT2D eigenvalue weighted by molar-refractivity contribution is -0.147. The second-order valence-corrected chi connectivity index (χ2v) is 8.32. The van der Waals surface area contributed by atoms with E-state index in [2.05, 4.69) is 17.9 Å². The topological polar surface area (TPSA) is 387 Å². The Morgan fingerprint density at radius 1 is 0.964 bits per heavy atom. The standard InChI is InChI=1S/C6H11O15P3.4H3N/c7-1-2(8)4-3(9)5(6(10)18-4)19-23(14,15)21-24(16,17)20-22(11,12)13;;;;/h2,4,7-9H,1H2,(H,14,15)(H,16,17)(H2,11,12,13);4*1H3/t2-,4+;;;;/m0..../s1. The van der Waals surface area contributed by atoms with Crippen LogP contribution in [-0.2, 0) is 36.4 Å². The second-order valence-electron chi connectivity index (χ2n) is 3.97. The summed E-state index contributed by atoms with van der Waals surface area (Å²) in [5, 5.41) is 27.5. The predicted octanol–water partition coefficient (Wildman–Crippen LogP) is -0.974. The van der Waals surface area contributed by atoms with E-state index in [1.54, 1.807) is 0 Å². The number of aliphatic hydroxyl groups is 3. The SMILES string of the molecule is N.N.N.N.O=C1O[C@H]([C@@H](O)CO)C(O)=C1OP(=O)(O)OP(=O)(O)OP(=O)(O)O. The highest BCUT2D eigenvalue weighted by Crippen LogP contribution is 2.67. The van der Waals surface area contributed by atoms with Crippen molar-refractivity contribution < 1.29 is 71.3 Å². The van der Waals surface area contributed by atoms with E-state index in [9.17, 15) is 33.6 Å². The molecule has 0 amide bonds. The van der Waals surface area contributed by atoms with Crippen molar-refractivity contribution in [3.63, 3.8) is 0 Å². The zero-order valence-electron chi connectivity index (χ0n) is 13.9.